The number of hydrogen-bond acceptors (Lipinski definition) is 3. The molecule has 1 atom stereocenters. The zero-order valence-corrected chi connectivity index (χ0v) is 18.9. The highest BCUT2D eigenvalue weighted by Crippen LogP contribution is 2.30. The van der Waals surface area contributed by atoms with Gasteiger partial charge in [-0.1, -0.05) is 0 Å². The number of aromatic nitrogens is 2. The molecule has 0 saturated carbocycles. The Kier molecular flexibility index (Phi) is 9.06. The summed E-state index contributed by atoms with van der Waals surface area (Å²) >= 11 is 1.74. The quantitative estimate of drug-likeness (QED) is 0.346. The predicted molar refractivity (Wildman–Crippen MR) is 114 cm³/mol. The van der Waals surface area contributed by atoms with Crippen LogP contribution in [0.1, 0.15) is 34.9 Å². The average molecular weight is 515 g/mol. The monoisotopic (exact) mass is 515 g/mol. The maximum Gasteiger partial charge on any atom is 0.435 e. The van der Waals surface area contributed by atoms with E-state index in [9.17, 15) is 13.2 Å². The molecule has 2 rings (SSSR count). The lowest BCUT2D eigenvalue weighted by Gasteiger charge is -2.17. The van der Waals surface area contributed by atoms with Gasteiger partial charge in [-0.3, -0.25) is 4.68 Å². The number of alkyl halides is 3. The first-order valence-corrected chi connectivity index (χ1v) is 9.20. The largest absolute Gasteiger partial charge is 0.435 e. The van der Waals surface area contributed by atoms with Gasteiger partial charge in [-0.25, -0.2) is 4.99 Å². The van der Waals surface area contributed by atoms with Crippen molar-refractivity contribution in [2.45, 2.75) is 46.0 Å². The number of aliphatic imine (C=N–C) groups is 1. The van der Waals surface area contributed by atoms with E-state index < -0.39 is 11.9 Å². The van der Waals surface area contributed by atoms with Crippen LogP contribution in [0.4, 0.5) is 13.2 Å². The van der Waals surface area contributed by atoms with Crippen LogP contribution >= 0.6 is 35.3 Å². The van der Waals surface area contributed by atoms with Crippen molar-refractivity contribution in [1.29, 1.82) is 0 Å². The maximum atomic E-state index is 13.0. The van der Waals surface area contributed by atoms with Crippen LogP contribution in [0.15, 0.2) is 23.3 Å². The smallest absolute Gasteiger partial charge is 0.357 e. The van der Waals surface area contributed by atoms with E-state index in [4.69, 9.17) is 0 Å². The third-order valence-electron chi connectivity index (χ3n) is 3.61. The number of guanidine groups is 1. The molecule has 5 nitrogen and oxygen atoms in total. The molecule has 0 aliphatic heterocycles. The molecule has 1 unspecified atom stereocenters. The van der Waals surface area contributed by atoms with Crippen LogP contribution in [0.25, 0.3) is 0 Å². The highest BCUT2D eigenvalue weighted by atomic mass is 127. The lowest BCUT2D eigenvalue weighted by Crippen LogP contribution is -2.43. The number of thiophene rings is 1. The van der Waals surface area contributed by atoms with Crippen molar-refractivity contribution in [1.82, 2.24) is 20.4 Å². The normalized spacial score (nSPS) is 13.2. The first-order valence-electron chi connectivity index (χ1n) is 8.39. The molecule has 2 aromatic heterocycles. The standard InChI is InChI=1S/C17H24F3N5S.HI/c1-5-21-16(23-11(2)8-14-7-6-12(3)26-14)22-9-13-10-25(4)24-15(13)17(18,19)20;/h6-7,10-11H,5,8-9H2,1-4H3,(H2,21,22,23);1H. The Morgan fingerprint density at radius 1 is 1.37 bits per heavy atom. The molecule has 0 aromatic carbocycles. The molecule has 0 saturated heterocycles. The van der Waals surface area contributed by atoms with Crippen LogP contribution < -0.4 is 10.6 Å². The van der Waals surface area contributed by atoms with Gasteiger partial charge >= 0.3 is 6.18 Å². The van der Waals surface area contributed by atoms with Crippen molar-refractivity contribution in [2.75, 3.05) is 6.54 Å². The van der Waals surface area contributed by atoms with Crippen LogP contribution in [0.5, 0.6) is 0 Å². The number of rotatable bonds is 6. The summed E-state index contributed by atoms with van der Waals surface area (Å²) in [6.07, 6.45) is -2.31. The molecule has 0 amide bonds. The van der Waals surface area contributed by atoms with Gasteiger partial charge in [-0.2, -0.15) is 18.3 Å². The minimum atomic E-state index is -4.48. The van der Waals surface area contributed by atoms with E-state index >= 15 is 0 Å². The van der Waals surface area contributed by atoms with E-state index in [0.29, 0.717) is 12.5 Å². The Balaban J connectivity index is 0.00000364. The third kappa shape index (κ3) is 7.32. The summed E-state index contributed by atoms with van der Waals surface area (Å²) in [6.45, 7) is 6.52. The fraction of sp³-hybridized carbons (Fsp3) is 0.529. The Labute approximate surface area is 178 Å². The minimum Gasteiger partial charge on any atom is -0.357 e. The van der Waals surface area contributed by atoms with E-state index in [1.165, 1.54) is 23.0 Å². The average Bonchev–Trinajstić information content (AvgIpc) is 3.10. The van der Waals surface area contributed by atoms with Gasteiger partial charge in [0.1, 0.15) is 0 Å². The summed E-state index contributed by atoms with van der Waals surface area (Å²) in [4.78, 5) is 6.81. The Morgan fingerprint density at radius 2 is 2.07 bits per heavy atom. The summed E-state index contributed by atoms with van der Waals surface area (Å²) in [5.74, 6) is 0.491. The molecule has 0 aliphatic carbocycles. The zero-order valence-electron chi connectivity index (χ0n) is 15.7. The molecule has 10 heteroatoms. The van der Waals surface area contributed by atoms with Crippen LogP contribution in [0, 0.1) is 6.92 Å². The highest BCUT2D eigenvalue weighted by Gasteiger charge is 2.36. The predicted octanol–water partition coefficient (Wildman–Crippen LogP) is 4.11. The first-order chi connectivity index (χ1) is 12.2. The highest BCUT2D eigenvalue weighted by molar-refractivity contribution is 14.0. The van der Waals surface area contributed by atoms with Gasteiger partial charge < -0.3 is 10.6 Å². The number of nitrogens with one attached hydrogen (secondary N) is 2. The molecular weight excluding hydrogens is 490 g/mol. The molecule has 0 radical (unpaired) electrons. The van der Waals surface area contributed by atoms with Crippen molar-refractivity contribution in [3.63, 3.8) is 0 Å². The molecule has 0 aliphatic rings. The molecule has 2 N–H and O–H groups in total. The first kappa shape index (κ1) is 23.7. The van der Waals surface area contributed by atoms with Gasteiger partial charge in [0, 0.05) is 47.6 Å². The van der Waals surface area contributed by atoms with Crippen LogP contribution in [0.2, 0.25) is 0 Å². The van der Waals surface area contributed by atoms with Crippen molar-refractivity contribution in [3.8, 4) is 0 Å². The van der Waals surface area contributed by atoms with E-state index in [0.717, 1.165) is 11.1 Å². The summed E-state index contributed by atoms with van der Waals surface area (Å²) in [6, 6.07) is 4.27. The van der Waals surface area contributed by atoms with Crippen molar-refractivity contribution < 1.29 is 13.2 Å². The Hall–Kier alpha value is -1.30. The van der Waals surface area contributed by atoms with Crippen LogP contribution in [-0.4, -0.2) is 28.3 Å². The molecule has 27 heavy (non-hydrogen) atoms. The second kappa shape index (κ2) is 10.3. The molecule has 152 valence electrons. The maximum absolute atomic E-state index is 13.0. The summed E-state index contributed by atoms with van der Waals surface area (Å²) < 4.78 is 40.3. The fourth-order valence-corrected chi connectivity index (χ4v) is 3.58. The van der Waals surface area contributed by atoms with Gasteiger partial charge in [-0.15, -0.1) is 35.3 Å². The second-order valence-corrected chi connectivity index (χ2v) is 7.50. The molecule has 2 heterocycles. The Morgan fingerprint density at radius 3 is 2.63 bits per heavy atom. The molecule has 0 bridgehead atoms. The summed E-state index contributed by atoms with van der Waals surface area (Å²) in [7, 11) is 1.47. The van der Waals surface area contributed by atoms with Gasteiger partial charge in [0.15, 0.2) is 11.7 Å². The second-order valence-electron chi connectivity index (χ2n) is 6.13. The lowest BCUT2D eigenvalue weighted by molar-refractivity contribution is -0.142. The van der Waals surface area contributed by atoms with Gasteiger partial charge in [-0.05, 0) is 32.9 Å². The van der Waals surface area contributed by atoms with E-state index in [1.807, 2.05) is 13.8 Å². The minimum absolute atomic E-state index is 0. The number of hydrogen-bond donors (Lipinski definition) is 2. The number of nitrogens with zero attached hydrogens (tertiary/aromatic N) is 3. The van der Waals surface area contributed by atoms with Gasteiger partial charge in [0.2, 0.25) is 0 Å². The van der Waals surface area contributed by atoms with E-state index in [1.54, 1.807) is 11.3 Å². The van der Waals surface area contributed by atoms with E-state index in [2.05, 4.69) is 39.8 Å². The fourth-order valence-electron chi connectivity index (χ4n) is 2.56. The molecular formula is C17H25F3IN5S. The van der Waals surface area contributed by atoms with Gasteiger partial charge in [0.25, 0.3) is 0 Å². The Bertz CT molecular complexity index is 754. The van der Waals surface area contributed by atoms with Crippen LogP contribution in [0.3, 0.4) is 0 Å². The van der Waals surface area contributed by atoms with E-state index in [-0.39, 0.29) is 42.1 Å². The van der Waals surface area contributed by atoms with Crippen molar-refractivity contribution in [3.05, 3.63) is 39.3 Å². The van der Waals surface area contributed by atoms with Gasteiger partial charge in [0.05, 0.1) is 6.54 Å². The SMILES string of the molecule is CCNC(=NCc1cn(C)nc1C(F)(F)F)NC(C)Cc1ccc(C)s1.I. The number of aryl methyl sites for hydroxylation is 2. The van der Waals surface area contributed by atoms with Crippen LogP contribution in [-0.2, 0) is 26.2 Å². The third-order valence-corrected chi connectivity index (χ3v) is 4.63. The lowest BCUT2D eigenvalue weighted by atomic mass is 10.2. The zero-order chi connectivity index (χ0) is 19.3. The topological polar surface area (TPSA) is 54.2 Å². The number of halogens is 4. The molecule has 2 aromatic rings. The van der Waals surface area contributed by atoms with Crippen molar-refractivity contribution >= 4 is 41.3 Å². The molecule has 0 spiro atoms. The summed E-state index contributed by atoms with van der Waals surface area (Å²) in [5.41, 5.74) is -0.833. The molecule has 0 fully saturated rings. The summed E-state index contributed by atoms with van der Waals surface area (Å²) in [5, 5.41) is 9.83. The van der Waals surface area contributed by atoms with Crippen molar-refractivity contribution in [2.24, 2.45) is 12.0 Å².